The van der Waals surface area contributed by atoms with Gasteiger partial charge in [-0.25, -0.2) is 0 Å². The zero-order valence-electron chi connectivity index (χ0n) is 19.8. The fourth-order valence-electron chi connectivity index (χ4n) is 4.44. The molecule has 38 heavy (non-hydrogen) atoms. The van der Waals surface area contributed by atoms with Gasteiger partial charge < -0.3 is 19.1 Å². The second kappa shape index (κ2) is 9.77. The fourth-order valence-corrected chi connectivity index (χ4v) is 4.44. The SMILES string of the molecule is O=C(c1ccc2c(c1)CCO2)N(Cc1cc(C(F)(F)F)cc(C(F)(F)F)c1)Cc1ccc2c(c1)OCCO2. The molecule has 0 bridgehead atoms. The highest BCUT2D eigenvalue weighted by atomic mass is 19.4. The lowest BCUT2D eigenvalue weighted by Crippen LogP contribution is -2.30. The van der Waals surface area contributed by atoms with Gasteiger partial charge in [-0.3, -0.25) is 4.79 Å². The van der Waals surface area contributed by atoms with Gasteiger partial charge in [0.2, 0.25) is 0 Å². The van der Waals surface area contributed by atoms with E-state index in [2.05, 4.69) is 0 Å². The van der Waals surface area contributed by atoms with Crippen molar-refractivity contribution in [2.45, 2.75) is 31.9 Å². The molecule has 0 aromatic heterocycles. The third-order valence-electron chi connectivity index (χ3n) is 6.22. The molecule has 5 rings (SSSR count). The molecule has 3 aromatic carbocycles. The molecule has 0 atom stereocenters. The van der Waals surface area contributed by atoms with Crippen molar-refractivity contribution in [2.75, 3.05) is 19.8 Å². The van der Waals surface area contributed by atoms with E-state index >= 15 is 0 Å². The van der Waals surface area contributed by atoms with Crippen LogP contribution in [0, 0.1) is 0 Å². The number of fused-ring (bicyclic) bond motifs is 2. The molecule has 0 saturated carbocycles. The molecule has 200 valence electrons. The summed E-state index contributed by atoms with van der Waals surface area (Å²) in [6, 6.07) is 11.1. The van der Waals surface area contributed by atoms with Gasteiger partial charge in [-0.1, -0.05) is 6.07 Å². The predicted molar refractivity (Wildman–Crippen MR) is 123 cm³/mol. The van der Waals surface area contributed by atoms with Gasteiger partial charge in [0.15, 0.2) is 11.5 Å². The molecule has 2 heterocycles. The summed E-state index contributed by atoms with van der Waals surface area (Å²) in [5.41, 5.74) is -1.58. The van der Waals surface area contributed by atoms with Crippen LogP contribution in [0.5, 0.6) is 17.2 Å². The highest BCUT2D eigenvalue weighted by Gasteiger charge is 2.37. The Morgan fingerprint density at radius 3 is 1.97 bits per heavy atom. The number of hydrogen-bond acceptors (Lipinski definition) is 4. The van der Waals surface area contributed by atoms with E-state index < -0.39 is 35.9 Å². The van der Waals surface area contributed by atoms with Crippen LogP contribution in [0.1, 0.15) is 38.2 Å². The summed E-state index contributed by atoms with van der Waals surface area (Å²) < 4.78 is 97.2. The third kappa shape index (κ3) is 5.51. The van der Waals surface area contributed by atoms with Crippen LogP contribution in [0.3, 0.4) is 0 Å². The van der Waals surface area contributed by atoms with Crippen LogP contribution >= 0.6 is 0 Å². The fraction of sp³-hybridized carbons (Fsp3) is 0.296. The van der Waals surface area contributed by atoms with Crippen LogP contribution in [0.15, 0.2) is 54.6 Å². The average Bonchev–Trinajstić information content (AvgIpc) is 3.35. The number of alkyl halides is 6. The molecule has 0 unspecified atom stereocenters. The van der Waals surface area contributed by atoms with Gasteiger partial charge >= 0.3 is 12.4 Å². The standard InChI is InChI=1S/C27H21F6NO4/c28-26(29,30)20-9-17(10-21(13-20)27(31,32)33)15-34(14-16-1-3-23-24(11-16)38-8-7-37-23)25(35)19-2-4-22-18(12-19)5-6-36-22/h1-4,9-13H,5-8,14-15H2. The monoisotopic (exact) mass is 537 g/mol. The molecule has 3 aromatic rings. The largest absolute Gasteiger partial charge is 0.493 e. The molecule has 5 nitrogen and oxygen atoms in total. The van der Waals surface area contributed by atoms with Crippen molar-refractivity contribution in [2.24, 2.45) is 0 Å². The summed E-state index contributed by atoms with van der Waals surface area (Å²) >= 11 is 0. The number of halogens is 6. The van der Waals surface area contributed by atoms with Crippen LogP contribution in [0.2, 0.25) is 0 Å². The van der Waals surface area contributed by atoms with Crippen LogP contribution in [0.25, 0.3) is 0 Å². The number of nitrogens with zero attached hydrogens (tertiary/aromatic N) is 1. The molecule has 2 aliphatic heterocycles. The maximum atomic E-state index is 13.6. The molecule has 11 heteroatoms. The molecule has 1 amide bonds. The highest BCUT2D eigenvalue weighted by Crippen LogP contribution is 2.37. The van der Waals surface area contributed by atoms with E-state index in [0.29, 0.717) is 61.2 Å². The lowest BCUT2D eigenvalue weighted by Gasteiger charge is -2.25. The van der Waals surface area contributed by atoms with E-state index in [0.717, 1.165) is 5.56 Å². The maximum absolute atomic E-state index is 13.6. The lowest BCUT2D eigenvalue weighted by atomic mass is 10.0. The van der Waals surface area contributed by atoms with Crippen LogP contribution < -0.4 is 14.2 Å². The van der Waals surface area contributed by atoms with Crippen molar-refractivity contribution in [1.82, 2.24) is 4.90 Å². The van der Waals surface area contributed by atoms with Crippen LogP contribution in [0.4, 0.5) is 26.3 Å². The molecule has 0 aliphatic carbocycles. The Hall–Kier alpha value is -3.89. The van der Waals surface area contributed by atoms with E-state index in [1.54, 1.807) is 30.3 Å². The summed E-state index contributed by atoms with van der Waals surface area (Å²) in [5.74, 6) is 1.02. The Balaban J connectivity index is 1.52. The first-order chi connectivity index (χ1) is 18.0. The zero-order chi connectivity index (χ0) is 27.1. The Kier molecular flexibility index (Phi) is 6.62. The third-order valence-corrected chi connectivity index (χ3v) is 6.22. The average molecular weight is 537 g/mol. The summed E-state index contributed by atoms with van der Waals surface area (Å²) in [5, 5.41) is 0. The van der Waals surface area contributed by atoms with Crippen molar-refractivity contribution in [3.8, 4) is 17.2 Å². The Morgan fingerprint density at radius 2 is 1.29 bits per heavy atom. The van der Waals surface area contributed by atoms with Gasteiger partial charge in [-0.2, -0.15) is 26.3 Å². The Bertz CT molecular complexity index is 1340. The molecule has 0 spiro atoms. The van der Waals surface area contributed by atoms with Crippen molar-refractivity contribution < 1.29 is 45.3 Å². The van der Waals surface area contributed by atoms with Gasteiger partial charge in [0.1, 0.15) is 19.0 Å². The zero-order valence-corrected chi connectivity index (χ0v) is 19.8. The van der Waals surface area contributed by atoms with Gasteiger partial charge in [0.25, 0.3) is 5.91 Å². The number of carbonyl (C=O) groups is 1. The van der Waals surface area contributed by atoms with E-state index in [9.17, 15) is 31.1 Å². The number of amides is 1. The van der Waals surface area contributed by atoms with Crippen molar-refractivity contribution in [3.63, 3.8) is 0 Å². The van der Waals surface area contributed by atoms with E-state index in [1.807, 2.05) is 0 Å². The maximum Gasteiger partial charge on any atom is 0.416 e. The first kappa shape index (κ1) is 25.7. The van der Waals surface area contributed by atoms with Crippen LogP contribution in [-0.2, 0) is 31.9 Å². The van der Waals surface area contributed by atoms with E-state index in [-0.39, 0.29) is 23.7 Å². The second-order valence-corrected chi connectivity index (χ2v) is 8.97. The molecular weight excluding hydrogens is 516 g/mol. The molecule has 0 fully saturated rings. The number of hydrogen-bond donors (Lipinski definition) is 0. The molecule has 0 N–H and O–H groups in total. The number of rotatable bonds is 5. The van der Waals surface area contributed by atoms with Gasteiger partial charge in [-0.05, 0) is 65.2 Å². The van der Waals surface area contributed by atoms with Gasteiger partial charge in [-0.15, -0.1) is 0 Å². The van der Waals surface area contributed by atoms with E-state index in [4.69, 9.17) is 14.2 Å². The summed E-state index contributed by atoms with van der Waals surface area (Å²) in [6.07, 6.45) is -9.41. The second-order valence-electron chi connectivity index (χ2n) is 8.97. The first-order valence-corrected chi connectivity index (χ1v) is 11.7. The predicted octanol–water partition coefficient (Wildman–Crippen LogP) is 6.27. The van der Waals surface area contributed by atoms with Crippen molar-refractivity contribution in [1.29, 1.82) is 0 Å². The van der Waals surface area contributed by atoms with Crippen molar-refractivity contribution in [3.05, 3.63) is 88.0 Å². The number of benzene rings is 3. The lowest BCUT2D eigenvalue weighted by molar-refractivity contribution is -0.143. The Labute approximate surface area is 213 Å². The number of carbonyl (C=O) groups excluding carboxylic acids is 1. The number of ether oxygens (including phenoxy) is 3. The van der Waals surface area contributed by atoms with Crippen molar-refractivity contribution >= 4 is 5.91 Å². The topological polar surface area (TPSA) is 48.0 Å². The highest BCUT2D eigenvalue weighted by molar-refractivity contribution is 5.94. The molecule has 2 aliphatic rings. The minimum Gasteiger partial charge on any atom is -0.493 e. The van der Waals surface area contributed by atoms with E-state index in [1.165, 1.54) is 11.0 Å². The molecule has 0 radical (unpaired) electrons. The Morgan fingerprint density at radius 1 is 0.684 bits per heavy atom. The smallest absolute Gasteiger partial charge is 0.416 e. The summed E-state index contributed by atoms with van der Waals surface area (Å²) in [7, 11) is 0. The molecular formula is C27H21F6NO4. The van der Waals surface area contributed by atoms with Crippen LogP contribution in [-0.4, -0.2) is 30.6 Å². The quantitative estimate of drug-likeness (QED) is 0.360. The minimum atomic E-state index is -5.00. The van der Waals surface area contributed by atoms with Gasteiger partial charge in [0, 0.05) is 25.1 Å². The minimum absolute atomic E-state index is 0.0664. The van der Waals surface area contributed by atoms with Gasteiger partial charge in [0.05, 0.1) is 17.7 Å². The molecule has 0 saturated heterocycles. The summed E-state index contributed by atoms with van der Waals surface area (Å²) in [4.78, 5) is 14.8. The first-order valence-electron chi connectivity index (χ1n) is 11.7. The summed E-state index contributed by atoms with van der Waals surface area (Å²) in [6.45, 7) is 0.559. The normalized spacial score (nSPS) is 14.6.